The van der Waals surface area contributed by atoms with E-state index < -0.39 is 51.4 Å². The summed E-state index contributed by atoms with van der Waals surface area (Å²) in [6.45, 7) is 39.8. The molecule has 15 rings (SSSR count). The second-order valence-corrected chi connectivity index (χ2v) is 41.0. The fourth-order valence-corrected chi connectivity index (χ4v) is 15.2. The average Bonchev–Trinajstić information content (AvgIpc) is 0.819. The first kappa shape index (κ1) is 118. The summed E-state index contributed by atoms with van der Waals surface area (Å²) < 4.78 is 152. The van der Waals surface area contributed by atoms with E-state index >= 15 is 0 Å². The molecule has 5 aliphatic rings. The zero-order valence-electron chi connectivity index (χ0n) is 86.6. The molecule has 0 bridgehead atoms. The summed E-state index contributed by atoms with van der Waals surface area (Å²) in [6.07, 6.45) is -1.36. The van der Waals surface area contributed by atoms with Crippen molar-refractivity contribution in [3.05, 3.63) is 285 Å². The van der Waals surface area contributed by atoms with Crippen molar-refractivity contribution < 1.29 is 117 Å². The van der Waals surface area contributed by atoms with E-state index in [-0.39, 0.29) is 84.7 Å². The van der Waals surface area contributed by atoms with Crippen LogP contribution in [0.2, 0.25) is 0 Å². The monoisotopic (exact) mass is 2190 g/mol. The number of carbonyl (C=O) groups excluding carboxylic acids is 5. The number of amides is 4. The van der Waals surface area contributed by atoms with Crippen LogP contribution in [0.3, 0.4) is 0 Å². The third-order valence-electron chi connectivity index (χ3n) is 21.9. The van der Waals surface area contributed by atoms with Gasteiger partial charge in [0.15, 0.2) is 6.61 Å². The van der Waals surface area contributed by atoms with Gasteiger partial charge in [-0.25, -0.2) is 54.7 Å². The van der Waals surface area contributed by atoms with Crippen molar-refractivity contribution >= 4 is 90.6 Å². The number of ether oxygens (including phenoxy) is 10. The standard InChI is InChI=1S/C22H27FN2O3.C19H27FN2O5.C19H29FN2O4.C17H19FN2O.C15H21FN2O3.C13H10BrFO.C6H4BrFO/c1-22(2,3)28-21(26)25-13-11-24(12-14-25)20-10-9-18(15-19(20)23)27-16-17-7-5-4-6-8-17;1-5-25-17(23)13-26-14-6-7-16(15(20)12-14)21-8-10-22(11-9-21)18(24)27-19(2,3)4;1-18(2,3)26-17(23)22-10-8-21(9-11-22)16-7-6-14(12-15(16)20)25-13-19(4,5)24;18-16-12-15(21-13-14-4-2-1-3-5-14)6-7-17(16)20-10-8-19-9-11-20;1-15(2,3)21-14(20)18-8-6-17(7-9-18)13-5-4-11(19)10-12(13)16;14-12-7-6-11(8-13(12)15)16-9-10-4-2-1-3-5-10;7-5-2-1-4(9)3-6(5)8/h4-10,15H,11-14,16H2,1-3H3;6-7,12H,5,8-11,13H2,1-4H3;6-7,12,24H,8-11,13H2,1-5H3;1-7,12,19H,8-11,13H2;4-5,10,19H,6-9H2,1-3H3;1-8H,9H2;1-3,9H. The number of aromatic hydroxyl groups is 2. The molecule has 0 aromatic heterocycles. The summed E-state index contributed by atoms with van der Waals surface area (Å²) in [5.74, 6) is -1.01. The van der Waals surface area contributed by atoms with Gasteiger partial charge in [-0.2, -0.15) is 0 Å². The highest BCUT2D eigenvalue weighted by molar-refractivity contribution is 9.10. The molecule has 0 atom stereocenters. The largest absolute Gasteiger partial charge is 0.508 e. The number of nitrogens with one attached hydrogen (secondary N) is 1. The average molecular weight is 2190 g/mol. The quantitative estimate of drug-likeness (QED) is 0.0295. The van der Waals surface area contributed by atoms with Gasteiger partial charge >= 0.3 is 30.3 Å². The Morgan fingerprint density at radius 1 is 0.311 bits per heavy atom. The first-order valence-corrected chi connectivity index (χ1v) is 50.4. The second-order valence-electron chi connectivity index (χ2n) is 39.3. The molecule has 5 fully saturated rings. The van der Waals surface area contributed by atoms with E-state index in [2.05, 4.69) is 42.1 Å². The van der Waals surface area contributed by atoms with Gasteiger partial charge in [0.25, 0.3) is 0 Å². The molecule has 0 radical (unpaired) electrons. The smallest absolute Gasteiger partial charge is 0.410 e. The van der Waals surface area contributed by atoms with Gasteiger partial charge in [0.05, 0.1) is 49.6 Å². The molecule has 148 heavy (non-hydrogen) atoms. The predicted octanol–water partition coefficient (Wildman–Crippen LogP) is 22.2. The summed E-state index contributed by atoms with van der Waals surface area (Å²) >= 11 is 6.04. The number of halogens is 9. The third-order valence-corrected chi connectivity index (χ3v) is 23.2. The molecule has 5 aliphatic heterocycles. The number of carbonyl (C=O) groups is 5. The van der Waals surface area contributed by atoms with Crippen LogP contribution in [0.4, 0.5) is 78.3 Å². The first-order valence-electron chi connectivity index (χ1n) is 48.8. The Bertz CT molecular complexity index is 5850. The summed E-state index contributed by atoms with van der Waals surface area (Å²) in [4.78, 5) is 75.8. The molecule has 0 saturated carbocycles. The number of hydrogen-bond donors (Lipinski definition) is 4. The van der Waals surface area contributed by atoms with Crippen LogP contribution in [0, 0.1) is 40.7 Å². The molecule has 37 heteroatoms. The summed E-state index contributed by atoms with van der Waals surface area (Å²) in [5.41, 5.74) is 2.61. The van der Waals surface area contributed by atoms with Crippen molar-refractivity contribution in [3.8, 4) is 40.2 Å². The molecular weight excluding hydrogens is 2050 g/mol. The molecule has 10 aromatic carbocycles. The van der Waals surface area contributed by atoms with E-state index in [0.717, 1.165) is 55.0 Å². The van der Waals surface area contributed by atoms with Crippen molar-refractivity contribution in [2.45, 2.75) is 152 Å². The molecule has 10 aromatic rings. The van der Waals surface area contributed by atoms with Gasteiger partial charge in [0.1, 0.15) is 130 Å². The maximum absolute atomic E-state index is 14.6. The van der Waals surface area contributed by atoms with Crippen LogP contribution >= 0.6 is 31.9 Å². The summed E-state index contributed by atoms with van der Waals surface area (Å²) in [5, 5.41) is 30.9. The number of rotatable bonds is 21. The van der Waals surface area contributed by atoms with Crippen molar-refractivity contribution in [3.63, 3.8) is 0 Å². The number of anilines is 5. The number of piperazine rings is 5. The van der Waals surface area contributed by atoms with Gasteiger partial charge < -0.3 is 112 Å². The summed E-state index contributed by atoms with van der Waals surface area (Å²) in [6, 6.07) is 61.3. The number of esters is 1. The zero-order chi connectivity index (χ0) is 108. The minimum Gasteiger partial charge on any atom is -0.508 e. The molecule has 0 aliphatic carbocycles. The first-order chi connectivity index (χ1) is 70.0. The van der Waals surface area contributed by atoms with Crippen LogP contribution in [-0.2, 0) is 48.3 Å². The molecule has 5 heterocycles. The van der Waals surface area contributed by atoms with Crippen molar-refractivity contribution in [2.75, 3.05) is 175 Å². The Balaban J connectivity index is 0.000000195. The van der Waals surface area contributed by atoms with E-state index in [9.17, 15) is 64.9 Å². The van der Waals surface area contributed by atoms with Gasteiger partial charge in [-0.15, -0.1) is 0 Å². The molecule has 5 saturated heterocycles. The molecule has 802 valence electrons. The minimum absolute atomic E-state index is 0.0595. The highest BCUT2D eigenvalue weighted by Gasteiger charge is 2.33. The Hall–Kier alpha value is -13.3. The van der Waals surface area contributed by atoms with E-state index in [1.165, 1.54) is 48.5 Å². The Morgan fingerprint density at radius 2 is 0.554 bits per heavy atom. The van der Waals surface area contributed by atoms with E-state index in [0.29, 0.717) is 185 Å². The number of nitrogens with zero attached hydrogens (tertiary/aromatic N) is 9. The van der Waals surface area contributed by atoms with E-state index in [1.807, 2.05) is 200 Å². The molecular formula is C111H137Br2F7N10O18. The topological polar surface area (TPSA) is 280 Å². The highest BCUT2D eigenvalue weighted by Crippen LogP contribution is 2.34. The van der Waals surface area contributed by atoms with Gasteiger partial charge in [-0.3, -0.25) is 0 Å². The fraction of sp³-hybridized carbons (Fsp3) is 0.414. The van der Waals surface area contributed by atoms with Gasteiger partial charge in [-0.1, -0.05) is 91.0 Å². The van der Waals surface area contributed by atoms with Crippen molar-refractivity contribution in [1.29, 1.82) is 0 Å². The molecule has 4 amide bonds. The molecule has 4 N–H and O–H groups in total. The van der Waals surface area contributed by atoms with Gasteiger partial charge in [-0.05, 0) is 237 Å². The molecule has 0 unspecified atom stereocenters. The third kappa shape index (κ3) is 41.8. The van der Waals surface area contributed by atoms with Crippen LogP contribution < -0.4 is 53.5 Å². The Morgan fingerprint density at radius 3 is 0.818 bits per heavy atom. The number of phenolic OH excluding ortho intramolecular Hbond substituents is 2. The van der Waals surface area contributed by atoms with Crippen molar-refractivity contribution in [1.82, 2.24) is 24.9 Å². The minimum atomic E-state index is -0.979. The predicted molar refractivity (Wildman–Crippen MR) is 565 cm³/mol. The lowest BCUT2D eigenvalue weighted by molar-refractivity contribution is -0.145. The maximum atomic E-state index is 14.6. The van der Waals surface area contributed by atoms with Crippen LogP contribution in [-0.4, -0.2) is 244 Å². The van der Waals surface area contributed by atoms with Crippen molar-refractivity contribution in [2.24, 2.45) is 0 Å². The Labute approximate surface area is 879 Å². The molecule has 28 nitrogen and oxygen atoms in total. The zero-order valence-corrected chi connectivity index (χ0v) is 89.7. The van der Waals surface area contributed by atoms with Gasteiger partial charge in [0, 0.05) is 173 Å². The summed E-state index contributed by atoms with van der Waals surface area (Å²) in [7, 11) is 0. The van der Waals surface area contributed by atoms with E-state index in [1.54, 1.807) is 101 Å². The lowest BCUT2D eigenvalue weighted by atomic mass is 10.1. The normalized spacial score (nSPS) is 14.3. The second kappa shape index (κ2) is 56.8. The van der Waals surface area contributed by atoms with Crippen LogP contribution in [0.1, 0.15) is 121 Å². The van der Waals surface area contributed by atoms with Crippen LogP contribution in [0.15, 0.2) is 227 Å². The number of aliphatic hydroxyl groups is 1. The molecule has 0 spiro atoms. The SMILES string of the molecule is CC(C)(C)OC(=O)N1CCN(c2ccc(O)cc2F)CC1.CC(C)(C)OC(=O)N1CCN(c2ccc(OCc3ccccc3)cc2F)CC1.CC(C)(O)COc1ccc(N2CCN(C(=O)OC(C)(C)C)CC2)c(F)c1.CCOC(=O)COc1ccc(N2CCN(C(=O)OC(C)(C)C)CC2)c(F)c1.Fc1cc(OCc2ccccc2)ccc1Br.Fc1cc(OCc2ccccc2)ccc1N1CCNCC1.Oc1ccc(Br)c(F)c1. The fourth-order valence-electron chi connectivity index (χ4n) is 14.7. The van der Waals surface area contributed by atoms with E-state index in [4.69, 9.17) is 52.5 Å². The van der Waals surface area contributed by atoms with Gasteiger partial charge in [0.2, 0.25) is 0 Å². The number of phenols is 2. The number of benzene rings is 10. The Kier molecular flexibility index (Phi) is 45.4. The van der Waals surface area contributed by atoms with Crippen LogP contribution in [0.25, 0.3) is 0 Å². The van der Waals surface area contributed by atoms with Crippen LogP contribution in [0.5, 0.6) is 40.2 Å². The highest BCUT2D eigenvalue weighted by atomic mass is 79.9. The lowest BCUT2D eigenvalue weighted by Crippen LogP contribution is -2.50. The number of hydrogen-bond acceptors (Lipinski definition) is 24. The maximum Gasteiger partial charge on any atom is 0.410 e. The lowest BCUT2D eigenvalue weighted by Gasteiger charge is -2.36.